The first kappa shape index (κ1) is 12.0. The van der Waals surface area contributed by atoms with E-state index in [-0.39, 0.29) is 0 Å². The Balaban J connectivity index is 2.61. The second kappa shape index (κ2) is 4.45. The number of hydrogen-bond donors (Lipinski definition) is 1. The molecule has 2 aromatic rings. The van der Waals surface area contributed by atoms with E-state index in [2.05, 4.69) is 25.9 Å². The highest BCUT2D eigenvalue weighted by atomic mass is 79.9. The lowest BCUT2D eigenvalue weighted by molar-refractivity contribution is 1.08. The molecular formula is C13H14BrN3. The zero-order valence-electron chi connectivity index (χ0n) is 10.1. The lowest BCUT2D eigenvalue weighted by Crippen LogP contribution is -2.02. The van der Waals surface area contributed by atoms with Crippen molar-refractivity contribution < 1.29 is 0 Å². The Morgan fingerprint density at radius 2 is 1.82 bits per heavy atom. The van der Waals surface area contributed by atoms with E-state index >= 15 is 0 Å². The normalized spacial score (nSPS) is 10.6. The summed E-state index contributed by atoms with van der Waals surface area (Å²) < 4.78 is 0.986. The summed E-state index contributed by atoms with van der Waals surface area (Å²) in [7, 11) is 0. The van der Waals surface area contributed by atoms with Crippen LogP contribution in [0.4, 0.5) is 5.82 Å². The van der Waals surface area contributed by atoms with Gasteiger partial charge in [0.2, 0.25) is 0 Å². The molecule has 0 aliphatic heterocycles. The SMILES string of the molecule is Cc1ccc(-c2nc(C)c(C)c(N)n2)c(Br)c1. The van der Waals surface area contributed by atoms with Crippen molar-refractivity contribution in [2.75, 3.05) is 5.73 Å². The van der Waals surface area contributed by atoms with Crippen LogP contribution in [-0.4, -0.2) is 9.97 Å². The number of anilines is 1. The van der Waals surface area contributed by atoms with Gasteiger partial charge in [0.05, 0.1) is 0 Å². The highest BCUT2D eigenvalue weighted by Gasteiger charge is 2.10. The fraction of sp³-hybridized carbons (Fsp3) is 0.231. The average molecular weight is 292 g/mol. The van der Waals surface area contributed by atoms with E-state index in [4.69, 9.17) is 5.73 Å². The molecule has 2 rings (SSSR count). The molecule has 0 bridgehead atoms. The predicted molar refractivity (Wildman–Crippen MR) is 73.8 cm³/mol. The summed E-state index contributed by atoms with van der Waals surface area (Å²) in [6, 6.07) is 6.09. The van der Waals surface area contributed by atoms with Crippen molar-refractivity contribution in [2.24, 2.45) is 0 Å². The molecule has 0 spiro atoms. The van der Waals surface area contributed by atoms with E-state index in [9.17, 15) is 0 Å². The fourth-order valence-electron chi connectivity index (χ4n) is 1.57. The third-order valence-electron chi connectivity index (χ3n) is 2.79. The van der Waals surface area contributed by atoms with E-state index in [0.717, 1.165) is 21.3 Å². The molecular weight excluding hydrogens is 278 g/mol. The molecule has 3 nitrogen and oxygen atoms in total. The van der Waals surface area contributed by atoms with Gasteiger partial charge < -0.3 is 5.73 Å². The molecule has 0 radical (unpaired) electrons. The Bertz CT molecular complexity index is 556. The Hall–Kier alpha value is -1.42. The van der Waals surface area contributed by atoms with Crippen molar-refractivity contribution in [3.63, 3.8) is 0 Å². The lowest BCUT2D eigenvalue weighted by atomic mass is 10.1. The van der Waals surface area contributed by atoms with Crippen molar-refractivity contribution in [3.8, 4) is 11.4 Å². The first-order valence-electron chi connectivity index (χ1n) is 5.36. The van der Waals surface area contributed by atoms with Crippen LogP contribution in [0.25, 0.3) is 11.4 Å². The molecule has 4 heteroatoms. The summed E-state index contributed by atoms with van der Waals surface area (Å²) in [5, 5.41) is 0. The zero-order valence-corrected chi connectivity index (χ0v) is 11.7. The van der Waals surface area contributed by atoms with E-state index in [1.807, 2.05) is 39.0 Å². The van der Waals surface area contributed by atoms with Crippen LogP contribution in [-0.2, 0) is 0 Å². The molecule has 1 heterocycles. The summed E-state index contributed by atoms with van der Waals surface area (Å²) in [5.74, 6) is 1.21. The summed E-state index contributed by atoms with van der Waals surface area (Å²) in [4.78, 5) is 8.80. The Morgan fingerprint density at radius 3 is 2.41 bits per heavy atom. The first-order chi connectivity index (χ1) is 7.99. The highest BCUT2D eigenvalue weighted by molar-refractivity contribution is 9.10. The molecule has 2 N–H and O–H groups in total. The standard InChI is InChI=1S/C13H14BrN3/c1-7-4-5-10(11(14)6-7)13-16-9(3)8(2)12(15)17-13/h4-6H,1-3H3,(H2,15,16,17). The van der Waals surface area contributed by atoms with Crippen molar-refractivity contribution in [1.82, 2.24) is 9.97 Å². The average Bonchev–Trinajstić information content (AvgIpc) is 2.25. The number of rotatable bonds is 1. The second-order valence-electron chi connectivity index (χ2n) is 4.13. The first-order valence-corrected chi connectivity index (χ1v) is 6.15. The highest BCUT2D eigenvalue weighted by Crippen LogP contribution is 2.28. The largest absolute Gasteiger partial charge is 0.383 e. The van der Waals surface area contributed by atoms with E-state index in [1.165, 1.54) is 5.56 Å². The van der Waals surface area contributed by atoms with Gasteiger partial charge in [0.15, 0.2) is 5.82 Å². The van der Waals surface area contributed by atoms with Crippen LogP contribution in [0.5, 0.6) is 0 Å². The van der Waals surface area contributed by atoms with Gasteiger partial charge in [-0.1, -0.05) is 22.0 Å². The molecule has 0 fully saturated rings. The van der Waals surface area contributed by atoms with Crippen LogP contribution < -0.4 is 5.73 Å². The summed E-state index contributed by atoms with van der Waals surface area (Å²) in [6.45, 7) is 5.92. The van der Waals surface area contributed by atoms with Crippen LogP contribution in [0.2, 0.25) is 0 Å². The number of aryl methyl sites for hydroxylation is 2. The predicted octanol–water partition coefficient (Wildman–Crippen LogP) is 3.41. The van der Waals surface area contributed by atoms with Gasteiger partial charge in [0.1, 0.15) is 5.82 Å². The number of halogens is 1. The molecule has 0 atom stereocenters. The molecule has 0 unspecified atom stereocenters. The third-order valence-corrected chi connectivity index (χ3v) is 3.45. The van der Waals surface area contributed by atoms with Gasteiger partial charge in [-0.3, -0.25) is 0 Å². The minimum atomic E-state index is 0.542. The molecule has 1 aromatic heterocycles. The van der Waals surface area contributed by atoms with Crippen LogP contribution in [0.3, 0.4) is 0 Å². The Kier molecular flexibility index (Phi) is 3.15. The summed E-state index contributed by atoms with van der Waals surface area (Å²) in [6.07, 6.45) is 0. The van der Waals surface area contributed by atoms with Crippen molar-refractivity contribution in [3.05, 3.63) is 39.5 Å². The molecule has 0 amide bonds. The minimum absolute atomic E-state index is 0.542. The fourth-order valence-corrected chi connectivity index (χ4v) is 2.24. The Labute approximate surface area is 109 Å². The molecule has 17 heavy (non-hydrogen) atoms. The van der Waals surface area contributed by atoms with Crippen molar-refractivity contribution in [2.45, 2.75) is 20.8 Å². The summed E-state index contributed by atoms with van der Waals surface area (Å²) >= 11 is 3.53. The van der Waals surface area contributed by atoms with Crippen LogP contribution in [0, 0.1) is 20.8 Å². The maximum atomic E-state index is 5.87. The van der Waals surface area contributed by atoms with Crippen LogP contribution in [0.1, 0.15) is 16.8 Å². The topological polar surface area (TPSA) is 51.8 Å². The van der Waals surface area contributed by atoms with Crippen LogP contribution in [0.15, 0.2) is 22.7 Å². The molecule has 0 saturated carbocycles. The third kappa shape index (κ3) is 2.31. The monoisotopic (exact) mass is 291 g/mol. The van der Waals surface area contributed by atoms with Gasteiger partial charge in [-0.05, 0) is 38.5 Å². The quantitative estimate of drug-likeness (QED) is 0.876. The van der Waals surface area contributed by atoms with Gasteiger partial charge >= 0.3 is 0 Å². The Morgan fingerprint density at radius 1 is 1.12 bits per heavy atom. The van der Waals surface area contributed by atoms with E-state index in [0.29, 0.717) is 11.6 Å². The smallest absolute Gasteiger partial charge is 0.162 e. The maximum absolute atomic E-state index is 5.87. The number of nitrogens with two attached hydrogens (primary N) is 1. The van der Waals surface area contributed by atoms with Crippen molar-refractivity contribution >= 4 is 21.7 Å². The van der Waals surface area contributed by atoms with Gasteiger partial charge in [-0.15, -0.1) is 0 Å². The number of aromatic nitrogens is 2. The molecule has 0 aliphatic carbocycles. The van der Waals surface area contributed by atoms with Crippen LogP contribution >= 0.6 is 15.9 Å². The lowest BCUT2D eigenvalue weighted by Gasteiger charge is -2.08. The molecule has 88 valence electrons. The van der Waals surface area contributed by atoms with E-state index in [1.54, 1.807) is 0 Å². The number of nitrogens with zero attached hydrogens (tertiary/aromatic N) is 2. The van der Waals surface area contributed by atoms with Gasteiger partial charge in [-0.2, -0.15) is 0 Å². The van der Waals surface area contributed by atoms with Gasteiger partial charge in [0.25, 0.3) is 0 Å². The number of benzene rings is 1. The summed E-state index contributed by atoms with van der Waals surface area (Å²) in [5.41, 5.74) is 9.89. The molecule has 1 aromatic carbocycles. The second-order valence-corrected chi connectivity index (χ2v) is 4.98. The number of hydrogen-bond acceptors (Lipinski definition) is 3. The minimum Gasteiger partial charge on any atom is -0.383 e. The zero-order chi connectivity index (χ0) is 12.6. The maximum Gasteiger partial charge on any atom is 0.162 e. The van der Waals surface area contributed by atoms with Crippen molar-refractivity contribution in [1.29, 1.82) is 0 Å². The van der Waals surface area contributed by atoms with E-state index < -0.39 is 0 Å². The molecule has 0 aliphatic rings. The van der Waals surface area contributed by atoms with Gasteiger partial charge in [-0.25, -0.2) is 9.97 Å². The number of nitrogen functional groups attached to an aromatic ring is 1. The van der Waals surface area contributed by atoms with Gasteiger partial charge in [0, 0.05) is 21.3 Å². The molecule has 0 saturated heterocycles.